The molecule has 1 rings (SSSR count). The number of carboxylic acid groups (broad SMARTS) is 1. The van der Waals surface area contributed by atoms with Crippen molar-refractivity contribution in [2.45, 2.75) is 32.6 Å². The van der Waals surface area contributed by atoms with Gasteiger partial charge in [0.25, 0.3) is 0 Å². The number of anilines is 1. The van der Waals surface area contributed by atoms with Crippen molar-refractivity contribution in [3.05, 3.63) is 42.5 Å². The number of carbonyl (C=O) groups is 3. The van der Waals surface area contributed by atoms with E-state index in [2.05, 4.69) is 17.2 Å². The van der Waals surface area contributed by atoms with E-state index in [9.17, 15) is 19.5 Å². The topological polar surface area (TPSA) is 95.5 Å². The first-order valence-electron chi connectivity index (χ1n) is 7.44. The van der Waals surface area contributed by atoms with E-state index in [0.717, 1.165) is 6.08 Å². The first-order valence-corrected chi connectivity index (χ1v) is 7.44. The molecule has 1 aromatic carbocycles. The first kappa shape index (κ1) is 20.4. The number of amides is 2. The molecule has 3 N–H and O–H groups in total. The highest BCUT2D eigenvalue weighted by Gasteiger charge is 2.20. The van der Waals surface area contributed by atoms with Gasteiger partial charge in [0.05, 0.1) is 5.92 Å². The third-order valence-corrected chi connectivity index (χ3v) is 3.00. The molecule has 126 valence electrons. The SMILES string of the molecule is C=CC(=O)Nc1ccc(C(CCC(=O)NC)C(=O)O)cc1.CC. The molecule has 0 aromatic heterocycles. The van der Waals surface area contributed by atoms with Crippen LogP contribution in [0.1, 0.15) is 38.2 Å². The lowest BCUT2D eigenvalue weighted by atomic mass is 9.94. The number of carbonyl (C=O) groups excluding carboxylic acids is 2. The number of carboxylic acids is 1. The summed E-state index contributed by atoms with van der Waals surface area (Å²) in [6.07, 6.45) is 1.51. The van der Waals surface area contributed by atoms with Crippen molar-refractivity contribution in [3.63, 3.8) is 0 Å². The Hall–Kier alpha value is -2.63. The molecular formula is C17H24N2O4. The van der Waals surface area contributed by atoms with Gasteiger partial charge >= 0.3 is 5.97 Å². The van der Waals surface area contributed by atoms with Gasteiger partial charge in [0.15, 0.2) is 0 Å². The highest BCUT2D eigenvalue weighted by atomic mass is 16.4. The van der Waals surface area contributed by atoms with Crippen molar-refractivity contribution in [2.75, 3.05) is 12.4 Å². The molecule has 0 aliphatic carbocycles. The third kappa shape index (κ3) is 7.26. The zero-order valence-electron chi connectivity index (χ0n) is 13.8. The molecule has 23 heavy (non-hydrogen) atoms. The lowest BCUT2D eigenvalue weighted by molar-refractivity contribution is -0.139. The summed E-state index contributed by atoms with van der Waals surface area (Å²) in [5.74, 6) is -2.28. The molecule has 0 heterocycles. The van der Waals surface area contributed by atoms with Gasteiger partial charge in [-0.1, -0.05) is 32.6 Å². The number of nitrogens with one attached hydrogen (secondary N) is 2. The molecule has 0 aliphatic rings. The standard InChI is InChI=1S/C15H18N2O4.C2H6/c1-3-13(18)17-11-6-4-10(5-7-11)12(15(20)21)8-9-14(19)16-2;1-2/h3-7,12H,1,8-9H2,2H3,(H,16,19)(H,17,18)(H,20,21);1-2H3. The van der Waals surface area contributed by atoms with Gasteiger partial charge < -0.3 is 15.7 Å². The number of rotatable bonds is 7. The van der Waals surface area contributed by atoms with E-state index in [1.165, 1.54) is 7.05 Å². The minimum Gasteiger partial charge on any atom is -0.481 e. The smallest absolute Gasteiger partial charge is 0.310 e. The Bertz CT molecular complexity index is 538. The van der Waals surface area contributed by atoms with E-state index < -0.39 is 11.9 Å². The van der Waals surface area contributed by atoms with Crippen LogP contribution < -0.4 is 10.6 Å². The molecule has 1 atom stereocenters. The lowest BCUT2D eigenvalue weighted by Crippen LogP contribution is -2.20. The predicted molar refractivity (Wildman–Crippen MR) is 90.3 cm³/mol. The summed E-state index contributed by atoms with van der Waals surface area (Å²) in [6.45, 7) is 7.35. The van der Waals surface area contributed by atoms with Crippen LogP contribution in [0.2, 0.25) is 0 Å². The monoisotopic (exact) mass is 320 g/mol. The zero-order chi connectivity index (χ0) is 17.8. The Morgan fingerprint density at radius 1 is 1.22 bits per heavy atom. The van der Waals surface area contributed by atoms with Crippen LogP contribution in [0.25, 0.3) is 0 Å². The van der Waals surface area contributed by atoms with Gasteiger partial charge in [0.2, 0.25) is 11.8 Å². The summed E-state index contributed by atoms with van der Waals surface area (Å²) in [6, 6.07) is 6.49. The summed E-state index contributed by atoms with van der Waals surface area (Å²) in [4.78, 5) is 33.7. The largest absolute Gasteiger partial charge is 0.481 e. The number of hydrogen-bond acceptors (Lipinski definition) is 3. The Labute approximate surface area is 136 Å². The lowest BCUT2D eigenvalue weighted by Gasteiger charge is -2.13. The fourth-order valence-corrected chi connectivity index (χ4v) is 1.83. The van der Waals surface area contributed by atoms with Crippen LogP contribution in [0.15, 0.2) is 36.9 Å². The van der Waals surface area contributed by atoms with Gasteiger partial charge in [0, 0.05) is 19.2 Å². The molecule has 1 aromatic rings. The van der Waals surface area contributed by atoms with Gasteiger partial charge in [-0.05, 0) is 30.2 Å². The summed E-state index contributed by atoms with van der Waals surface area (Å²) >= 11 is 0. The van der Waals surface area contributed by atoms with E-state index in [4.69, 9.17) is 0 Å². The predicted octanol–water partition coefficient (Wildman–Crippen LogP) is 2.53. The van der Waals surface area contributed by atoms with E-state index in [1.807, 2.05) is 13.8 Å². The van der Waals surface area contributed by atoms with Crippen LogP contribution in [-0.2, 0) is 14.4 Å². The van der Waals surface area contributed by atoms with Crippen LogP contribution in [0.5, 0.6) is 0 Å². The Balaban J connectivity index is 0.00000232. The molecule has 0 saturated heterocycles. The molecule has 0 saturated carbocycles. The minimum absolute atomic E-state index is 0.141. The van der Waals surface area contributed by atoms with E-state index in [1.54, 1.807) is 24.3 Å². The Morgan fingerprint density at radius 3 is 2.22 bits per heavy atom. The molecule has 6 heteroatoms. The number of benzene rings is 1. The quantitative estimate of drug-likeness (QED) is 0.673. The van der Waals surface area contributed by atoms with Gasteiger partial charge in [-0.25, -0.2) is 0 Å². The van der Waals surface area contributed by atoms with Crippen molar-refractivity contribution in [3.8, 4) is 0 Å². The highest BCUT2D eigenvalue weighted by Crippen LogP contribution is 2.23. The zero-order valence-corrected chi connectivity index (χ0v) is 13.8. The summed E-state index contributed by atoms with van der Waals surface area (Å²) in [5.41, 5.74) is 1.14. The molecule has 1 unspecified atom stereocenters. The number of aliphatic carboxylic acids is 1. The summed E-state index contributed by atoms with van der Waals surface area (Å²) < 4.78 is 0. The maximum Gasteiger partial charge on any atom is 0.310 e. The average molecular weight is 320 g/mol. The van der Waals surface area contributed by atoms with E-state index in [0.29, 0.717) is 11.3 Å². The van der Waals surface area contributed by atoms with E-state index in [-0.39, 0.29) is 24.7 Å². The van der Waals surface area contributed by atoms with Crippen LogP contribution in [0, 0.1) is 0 Å². The van der Waals surface area contributed by atoms with Crippen LogP contribution in [0.4, 0.5) is 5.69 Å². The molecule has 0 bridgehead atoms. The fraction of sp³-hybridized carbons (Fsp3) is 0.353. The van der Waals surface area contributed by atoms with Gasteiger partial charge in [-0.2, -0.15) is 0 Å². The summed E-state index contributed by atoms with van der Waals surface area (Å²) in [5, 5.41) is 14.3. The average Bonchev–Trinajstić information content (AvgIpc) is 2.57. The summed E-state index contributed by atoms with van der Waals surface area (Å²) in [7, 11) is 1.51. The minimum atomic E-state index is -0.984. The second-order valence-electron chi connectivity index (χ2n) is 4.42. The van der Waals surface area contributed by atoms with Crippen molar-refractivity contribution >= 4 is 23.5 Å². The normalized spacial score (nSPS) is 10.6. The molecule has 6 nitrogen and oxygen atoms in total. The molecular weight excluding hydrogens is 296 g/mol. The van der Waals surface area contributed by atoms with Gasteiger partial charge in [-0.15, -0.1) is 0 Å². The Morgan fingerprint density at radius 2 is 1.78 bits per heavy atom. The van der Waals surface area contributed by atoms with Crippen molar-refractivity contribution < 1.29 is 19.5 Å². The van der Waals surface area contributed by atoms with Crippen molar-refractivity contribution in [2.24, 2.45) is 0 Å². The van der Waals surface area contributed by atoms with E-state index >= 15 is 0 Å². The molecule has 0 spiro atoms. The molecule has 0 aliphatic heterocycles. The maximum absolute atomic E-state index is 11.3. The second kappa shape index (κ2) is 11.0. The van der Waals surface area contributed by atoms with Gasteiger partial charge in [-0.3, -0.25) is 14.4 Å². The van der Waals surface area contributed by atoms with Crippen LogP contribution in [0.3, 0.4) is 0 Å². The van der Waals surface area contributed by atoms with Crippen molar-refractivity contribution in [1.82, 2.24) is 5.32 Å². The fourth-order valence-electron chi connectivity index (χ4n) is 1.83. The highest BCUT2D eigenvalue weighted by molar-refractivity contribution is 5.98. The second-order valence-corrected chi connectivity index (χ2v) is 4.42. The number of hydrogen-bond donors (Lipinski definition) is 3. The first-order chi connectivity index (χ1) is 11.0. The molecule has 2 amide bonds. The third-order valence-electron chi connectivity index (χ3n) is 3.00. The molecule has 0 radical (unpaired) electrons. The van der Waals surface area contributed by atoms with Crippen LogP contribution >= 0.6 is 0 Å². The van der Waals surface area contributed by atoms with Crippen molar-refractivity contribution in [1.29, 1.82) is 0 Å². The Kier molecular flexibility index (Phi) is 9.75. The van der Waals surface area contributed by atoms with Crippen LogP contribution in [-0.4, -0.2) is 29.9 Å². The maximum atomic E-state index is 11.3. The van der Waals surface area contributed by atoms with Gasteiger partial charge in [0.1, 0.15) is 0 Å². The molecule has 0 fully saturated rings.